The normalized spacial score (nSPS) is 21.8. The maximum atomic E-state index is 16.8. The van der Waals surface area contributed by atoms with E-state index in [4.69, 9.17) is 22.6 Å². The van der Waals surface area contributed by atoms with Crippen molar-refractivity contribution in [1.29, 1.82) is 0 Å². The van der Waals surface area contributed by atoms with Crippen LogP contribution in [0.25, 0.3) is 32.9 Å². The molecule has 7 rings (SSSR count). The first-order valence-electron chi connectivity index (χ1n) is 14.5. The summed E-state index contributed by atoms with van der Waals surface area (Å²) in [5.74, 6) is 3.84. The second-order valence-electron chi connectivity index (χ2n) is 11.6. The number of benzene rings is 2. The number of aromatic nitrogens is 3. The summed E-state index contributed by atoms with van der Waals surface area (Å²) < 4.78 is 37.8. The van der Waals surface area contributed by atoms with E-state index in [2.05, 4.69) is 36.9 Å². The maximum absolute atomic E-state index is 16.8. The van der Waals surface area contributed by atoms with Crippen molar-refractivity contribution in [3.63, 3.8) is 0 Å². The maximum Gasteiger partial charge on any atom is 0.319 e. The summed E-state index contributed by atoms with van der Waals surface area (Å²) in [5.41, 5.74) is -0.0903. The van der Waals surface area contributed by atoms with E-state index in [-0.39, 0.29) is 63.3 Å². The Morgan fingerprint density at radius 3 is 2.53 bits per heavy atom. The van der Waals surface area contributed by atoms with Crippen LogP contribution in [0, 0.1) is 36.3 Å². The van der Waals surface area contributed by atoms with Crippen molar-refractivity contribution in [2.24, 2.45) is 0 Å². The summed E-state index contributed by atoms with van der Waals surface area (Å²) >= 11 is 0. The fraction of sp³-hybridized carbons (Fsp3) is 0.364. The highest BCUT2D eigenvalue weighted by atomic mass is 19.1. The van der Waals surface area contributed by atoms with Crippen LogP contribution in [-0.2, 0) is 0 Å². The van der Waals surface area contributed by atoms with Crippen molar-refractivity contribution in [3.05, 3.63) is 47.2 Å². The van der Waals surface area contributed by atoms with Crippen LogP contribution in [0.2, 0.25) is 0 Å². The van der Waals surface area contributed by atoms with E-state index in [1.165, 1.54) is 24.3 Å². The summed E-state index contributed by atoms with van der Waals surface area (Å²) in [6, 6.07) is 6.24. The van der Waals surface area contributed by atoms with E-state index in [1.54, 1.807) is 0 Å². The Hall–Kier alpha value is -4.51. The highest BCUT2D eigenvalue weighted by molar-refractivity contribution is 6.04. The van der Waals surface area contributed by atoms with Crippen molar-refractivity contribution < 1.29 is 18.6 Å². The quantitative estimate of drug-likeness (QED) is 0.340. The minimum atomic E-state index is -0.794. The molecule has 0 aliphatic carbocycles. The molecule has 0 unspecified atom stereocenters. The van der Waals surface area contributed by atoms with Crippen LogP contribution < -0.4 is 15.0 Å². The average Bonchev–Trinajstić information content (AvgIpc) is 3.58. The zero-order chi connectivity index (χ0) is 29.8. The van der Waals surface area contributed by atoms with Crippen molar-refractivity contribution in [2.75, 3.05) is 38.2 Å². The molecule has 0 spiro atoms. The molecule has 0 amide bonds. The standard InChI is InChI=1S/C33H30F2N6O2/c1-4-23-25(34)11-8-18-13-22(42)14-24(27(18)23)30-29(35)31-28(26(5-2)37-30)32(41-15-19-9-10-20(16-41)36-19)39-33(38-31)43-17-21-7-6-12-40(21)3/h1-2,8,11,13-14,19-21,36,42H,6-7,9-10,12,15-17H2,3H3/t19-,20+,21-/m1/s1. The predicted molar refractivity (Wildman–Crippen MR) is 161 cm³/mol. The van der Waals surface area contributed by atoms with Gasteiger partial charge in [-0.25, -0.2) is 13.8 Å². The van der Waals surface area contributed by atoms with Crippen molar-refractivity contribution in [3.8, 4) is 47.7 Å². The smallest absolute Gasteiger partial charge is 0.319 e. The average molecular weight is 581 g/mol. The van der Waals surface area contributed by atoms with E-state index in [9.17, 15) is 9.50 Å². The van der Waals surface area contributed by atoms with Crippen molar-refractivity contribution in [1.82, 2.24) is 25.2 Å². The lowest BCUT2D eigenvalue weighted by Crippen LogP contribution is -2.51. The van der Waals surface area contributed by atoms with Gasteiger partial charge in [-0.2, -0.15) is 9.97 Å². The molecule has 5 heterocycles. The molecule has 3 aliphatic heterocycles. The minimum Gasteiger partial charge on any atom is -0.508 e. The van der Waals surface area contributed by atoms with Crippen molar-refractivity contribution >= 4 is 27.5 Å². The highest BCUT2D eigenvalue weighted by Gasteiger charge is 2.35. The molecule has 8 nitrogen and oxygen atoms in total. The number of ether oxygens (including phenoxy) is 1. The molecule has 2 aromatic carbocycles. The molecule has 2 bridgehead atoms. The molecule has 0 saturated carbocycles. The third kappa shape index (κ3) is 4.68. The Bertz CT molecular complexity index is 1850. The van der Waals surface area contributed by atoms with Crippen LogP contribution in [0.4, 0.5) is 14.6 Å². The number of halogens is 2. The number of phenolic OH excluding ortho intramolecular Hbond substituents is 1. The number of phenols is 1. The van der Waals surface area contributed by atoms with E-state index in [1.807, 2.05) is 7.05 Å². The number of fused-ring (bicyclic) bond motifs is 4. The number of piperazine rings is 1. The number of pyridine rings is 1. The first-order valence-corrected chi connectivity index (χ1v) is 14.5. The van der Waals surface area contributed by atoms with Crippen LogP contribution in [0.1, 0.15) is 36.9 Å². The molecule has 2 aromatic heterocycles. The lowest BCUT2D eigenvalue weighted by atomic mass is 9.95. The molecule has 3 atom stereocenters. The number of rotatable bonds is 5. The molecular formula is C33H30F2N6O2. The highest BCUT2D eigenvalue weighted by Crippen LogP contribution is 2.40. The first kappa shape index (κ1) is 27.3. The van der Waals surface area contributed by atoms with Gasteiger partial charge in [0.2, 0.25) is 0 Å². The van der Waals surface area contributed by atoms with Gasteiger partial charge in [-0.15, -0.1) is 12.8 Å². The molecule has 43 heavy (non-hydrogen) atoms. The Kier molecular flexibility index (Phi) is 6.76. The van der Waals surface area contributed by atoms with Crippen LogP contribution >= 0.6 is 0 Å². The SMILES string of the molecule is C#Cc1c(F)ccc2cc(O)cc(-c3nc(C#C)c4c(N5C[C@H]6CC[C@@H](C5)N6)nc(OC[C@H]5CCCN5C)nc4c3F)c12. The molecular weight excluding hydrogens is 550 g/mol. The number of hydrogen-bond acceptors (Lipinski definition) is 8. The van der Waals surface area contributed by atoms with Crippen LogP contribution in [0.5, 0.6) is 11.8 Å². The number of likely N-dealkylation sites (tertiary alicyclic amines) is 1. The second kappa shape index (κ2) is 10.6. The molecule has 0 radical (unpaired) electrons. The summed E-state index contributed by atoms with van der Waals surface area (Å²) in [5, 5.41) is 15.1. The summed E-state index contributed by atoms with van der Waals surface area (Å²) in [7, 11) is 2.05. The number of likely N-dealkylation sites (N-methyl/N-ethyl adjacent to an activating group) is 1. The third-order valence-electron chi connectivity index (χ3n) is 8.93. The van der Waals surface area contributed by atoms with Gasteiger partial charge in [0.1, 0.15) is 40.9 Å². The van der Waals surface area contributed by atoms with Gasteiger partial charge in [0.05, 0.1) is 10.9 Å². The second-order valence-corrected chi connectivity index (χ2v) is 11.6. The lowest BCUT2D eigenvalue weighted by molar-refractivity contribution is 0.188. The lowest BCUT2D eigenvalue weighted by Gasteiger charge is -2.34. The first-order chi connectivity index (χ1) is 20.8. The summed E-state index contributed by atoms with van der Waals surface area (Å²) in [4.78, 5) is 18.2. The Labute approximate surface area is 248 Å². The number of terminal acetylenes is 2. The van der Waals surface area contributed by atoms with Gasteiger partial charge < -0.3 is 25.0 Å². The minimum absolute atomic E-state index is 0.0452. The van der Waals surface area contributed by atoms with E-state index in [0.717, 1.165) is 32.2 Å². The van der Waals surface area contributed by atoms with Gasteiger partial charge in [0, 0.05) is 42.2 Å². The Balaban J connectivity index is 1.46. The van der Waals surface area contributed by atoms with Gasteiger partial charge in [0.15, 0.2) is 5.82 Å². The Morgan fingerprint density at radius 1 is 1.05 bits per heavy atom. The zero-order valence-corrected chi connectivity index (χ0v) is 23.7. The summed E-state index contributed by atoms with van der Waals surface area (Å²) in [6.45, 7) is 2.68. The molecule has 3 saturated heterocycles. The topological polar surface area (TPSA) is 86.6 Å². The monoisotopic (exact) mass is 580 g/mol. The van der Waals surface area contributed by atoms with Crippen LogP contribution in [0.3, 0.4) is 0 Å². The largest absolute Gasteiger partial charge is 0.508 e. The van der Waals surface area contributed by atoms with Crippen LogP contribution in [0.15, 0.2) is 24.3 Å². The van der Waals surface area contributed by atoms with Gasteiger partial charge in [-0.1, -0.05) is 12.0 Å². The number of nitrogens with zero attached hydrogens (tertiary/aromatic N) is 5. The number of anilines is 1. The molecule has 3 aliphatic rings. The number of aromatic hydroxyl groups is 1. The van der Waals surface area contributed by atoms with Gasteiger partial charge >= 0.3 is 6.01 Å². The fourth-order valence-electron chi connectivity index (χ4n) is 6.79. The fourth-order valence-corrected chi connectivity index (χ4v) is 6.79. The molecule has 4 aromatic rings. The molecule has 218 valence electrons. The van der Waals surface area contributed by atoms with E-state index >= 15 is 4.39 Å². The van der Waals surface area contributed by atoms with Gasteiger partial charge in [-0.05, 0) is 68.8 Å². The van der Waals surface area contributed by atoms with Gasteiger partial charge in [-0.3, -0.25) is 0 Å². The zero-order valence-electron chi connectivity index (χ0n) is 23.7. The van der Waals surface area contributed by atoms with E-state index in [0.29, 0.717) is 36.3 Å². The van der Waals surface area contributed by atoms with Crippen molar-refractivity contribution in [2.45, 2.75) is 43.8 Å². The molecule has 10 heteroatoms. The van der Waals surface area contributed by atoms with Crippen LogP contribution in [-0.4, -0.2) is 76.4 Å². The number of nitrogens with one attached hydrogen (secondary N) is 1. The molecule has 2 N–H and O–H groups in total. The predicted octanol–water partition coefficient (Wildman–Crippen LogP) is 4.21. The van der Waals surface area contributed by atoms with Gasteiger partial charge in [0.25, 0.3) is 0 Å². The number of hydrogen-bond donors (Lipinski definition) is 2. The molecule has 3 fully saturated rings. The third-order valence-corrected chi connectivity index (χ3v) is 8.93. The summed E-state index contributed by atoms with van der Waals surface area (Å²) in [6.07, 6.45) is 15.8. The Morgan fingerprint density at radius 2 is 1.84 bits per heavy atom. The van der Waals surface area contributed by atoms with E-state index < -0.39 is 11.6 Å².